The molecule has 7 nitrogen and oxygen atoms in total. The number of nitrogens with zero attached hydrogens (tertiary/aromatic N) is 3. The first-order valence-electron chi connectivity index (χ1n) is 7.89. The molecule has 2 aromatic rings. The van der Waals surface area contributed by atoms with Crippen molar-refractivity contribution in [1.82, 2.24) is 9.29 Å². The number of hydrogen-bond donors (Lipinski definition) is 0. The first kappa shape index (κ1) is 21.7. The zero-order chi connectivity index (χ0) is 21.3. The molecule has 0 spiro atoms. The number of benzene rings is 1. The second-order valence-electron chi connectivity index (χ2n) is 5.70. The van der Waals surface area contributed by atoms with Crippen LogP contribution in [0.4, 0.5) is 23.2 Å². The highest BCUT2D eigenvalue weighted by atomic mass is 32.2. The SMILES string of the molecule is CCN(C(C)c1ncc(C(F)(F)F)cc1F)S(=O)(=O)c1ccccc1[N+](=O)[O-]. The summed E-state index contributed by atoms with van der Waals surface area (Å²) in [7, 11) is -4.47. The van der Waals surface area contributed by atoms with Crippen LogP contribution < -0.4 is 0 Å². The van der Waals surface area contributed by atoms with Crippen molar-refractivity contribution in [3.63, 3.8) is 0 Å². The molecule has 0 fully saturated rings. The molecule has 1 aromatic heterocycles. The third-order valence-electron chi connectivity index (χ3n) is 3.98. The van der Waals surface area contributed by atoms with E-state index in [4.69, 9.17) is 0 Å². The van der Waals surface area contributed by atoms with Crippen LogP contribution in [0.1, 0.15) is 31.1 Å². The number of sulfonamides is 1. The third-order valence-corrected chi connectivity index (χ3v) is 6.08. The number of nitro benzene ring substituents is 1. The van der Waals surface area contributed by atoms with E-state index in [1.54, 1.807) is 0 Å². The van der Waals surface area contributed by atoms with Crippen molar-refractivity contribution < 1.29 is 30.9 Å². The zero-order valence-corrected chi connectivity index (χ0v) is 15.5. The number of para-hydroxylation sites is 1. The van der Waals surface area contributed by atoms with Gasteiger partial charge < -0.3 is 0 Å². The molecule has 28 heavy (non-hydrogen) atoms. The van der Waals surface area contributed by atoms with Gasteiger partial charge in [0.05, 0.1) is 22.2 Å². The van der Waals surface area contributed by atoms with Gasteiger partial charge >= 0.3 is 6.18 Å². The smallest absolute Gasteiger partial charge is 0.258 e. The number of pyridine rings is 1. The van der Waals surface area contributed by atoms with Gasteiger partial charge in [0.1, 0.15) is 5.82 Å². The van der Waals surface area contributed by atoms with Crippen LogP contribution in [0.2, 0.25) is 0 Å². The molecule has 0 aliphatic rings. The van der Waals surface area contributed by atoms with Gasteiger partial charge in [-0.15, -0.1) is 0 Å². The van der Waals surface area contributed by atoms with E-state index in [0.29, 0.717) is 6.20 Å². The summed E-state index contributed by atoms with van der Waals surface area (Å²) in [5.41, 5.74) is -2.52. The zero-order valence-electron chi connectivity index (χ0n) is 14.6. The van der Waals surface area contributed by atoms with Crippen LogP contribution in [-0.4, -0.2) is 29.2 Å². The number of nitro groups is 1. The van der Waals surface area contributed by atoms with Crippen molar-refractivity contribution in [3.8, 4) is 0 Å². The Morgan fingerprint density at radius 3 is 2.39 bits per heavy atom. The molecule has 0 saturated carbocycles. The van der Waals surface area contributed by atoms with Crippen LogP contribution in [0, 0.1) is 15.9 Å². The lowest BCUT2D eigenvalue weighted by molar-refractivity contribution is -0.387. The Morgan fingerprint density at radius 2 is 1.89 bits per heavy atom. The normalized spacial score (nSPS) is 13.5. The van der Waals surface area contributed by atoms with Crippen molar-refractivity contribution in [2.45, 2.75) is 31.0 Å². The van der Waals surface area contributed by atoms with Gasteiger partial charge in [-0.2, -0.15) is 17.5 Å². The van der Waals surface area contributed by atoms with Gasteiger partial charge in [-0.05, 0) is 19.1 Å². The first-order valence-corrected chi connectivity index (χ1v) is 9.33. The molecule has 1 atom stereocenters. The standard InChI is InChI=1S/C16H15F4N3O4S/c1-3-22(28(26,27)14-7-5-4-6-13(14)23(24)25)10(2)15-12(17)8-11(9-21-15)16(18,19)20/h4-10H,3H2,1-2H3. The van der Waals surface area contributed by atoms with Crippen LogP contribution >= 0.6 is 0 Å². The van der Waals surface area contributed by atoms with Crippen molar-refractivity contribution >= 4 is 15.7 Å². The molecule has 0 aliphatic carbocycles. The van der Waals surface area contributed by atoms with E-state index in [1.165, 1.54) is 26.0 Å². The number of alkyl halides is 3. The molecule has 1 heterocycles. The maximum absolute atomic E-state index is 14.2. The summed E-state index contributed by atoms with van der Waals surface area (Å²) in [5, 5.41) is 11.1. The van der Waals surface area contributed by atoms with E-state index in [-0.39, 0.29) is 12.6 Å². The lowest BCUT2D eigenvalue weighted by Crippen LogP contribution is -2.34. The first-order chi connectivity index (χ1) is 12.9. The molecule has 152 valence electrons. The molecule has 1 aromatic carbocycles. The highest BCUT2D eigenvalue weighted by molar-refractivity contribution is 7.89. The molecular weight excluding hydrogens is 406 g/mol. The lowest BCUT2D eigenvalue weighted by Gasteiger charge is -2.27. The summed E-state index contributed by atoms with van der Waals surface area (Å²) in [5.74, 6) is -1.33. The van der Waals surface area contributed by atoms with Crippen LogP contribution in [0.15, 0.2) is 41.4 Å². The van der Waals surface area contributed by atoms with E-state index >= 15 is 0 Å². The Morgan fingerprint density at radius 1 is 1.29 bits per heavy atom. The predicted molar refractivity (Wildman–Crippen MR) is 90.3 cm³/mol. The average Bonchev–Trinajstić information content (AvgIpc) is 2.61. The minimum atomic E-state index is -4.81. The Bertz CT molecular complexity index is 996. The van der Waals surface area contributed by atoms with Crippen LogP contribution in [0.5, 0.6) is 0 Å². The molecule has 1 unspecified atom stereocenters. The highest BCUT2D eigenvalue weighted by Gasteiger charge is 2.37. The fourth-order valence-corrected chi connectivity index (χ4v) is 4.42. The molecule has 2 rings (SSSR count). The number of halogens is 4. The van der Waals surface area contributed by atoms with E-state index in [0.717, 1.165) is 16.4 Å². The van der Waals surface area contributed by atoms with Crippen molar-refractivity contribution in [3.05, 3.63) is 63.7 Å². The van der Waals surface area contributed by atoms with Crippen molar-refractivity contribution in [1.29, 1.82) is 0 Å². The van der Waals surface area contributed by atoms with Gasteiger partial charge in [0, 0.05) is 18.8 Å². The number of hydrogen-bond acceptors (Lipinski definition) is 5. The second kappa shape index (κ2) is 7.80. The largest absolute Gasteiger partial charge is 0.417 e. The maximum atomic E-state index is 14.2. The predicted octanol–water partition coefficient (Wildman–Crippen LogP) is 3.92. The Hall–Kier alpha value is -2.60. The summed E-state index contributed by atoms with van der Waals surface area (Å²) >= 11 is 0. The molecule has 0 saturated heterocycles. The van der Waals surface area contributed by atoms with Crippen molar-refractivity contribution in [2.24, 2.45) is 0 Å². The fourth-order valence-electron chi connectivity index (χ4n) is 2.65. The topological polar surface area (TPSA) is 93.4 Å². The molecule has 0 aliphatic heterocycles. The highest BCUT2D eigenvalue weighted by Crippen LogP contribution is 2.34. The minimum absolute atomic E-state index is 0.225. The van der Waals surface area contributed by atoms with Gasteiger partial charge in [0.15, 0.2) is 4.90 Å². The van der Waals surface area contributed by atoms with E-state index in [1.807, 2.05) is 0 Å². The summed E-state index contributed by atoms with van der Waals surface area (Å²) in [6, 6.07) is 3.52. The monoisotopic (exact) mass is 421 g/mol. The Labute approximate surface area is 157 Å². The fraction of sp³-hybridized carbons (Fsp3) is 0.312. The van der Waals surface area contributed by atoms with Gasteiger partial charge in [0.25, 0.3) is 15.7 Å². The van der Waals surface area contributed by atoms with Crippen molar-refractivity contribution in [2.75, 3.05) is 6.54 Å². The van der Waals surface area contributed by atoms with Crippen LogP contribution in [0.3, 0.4) is 0 Å². The van der Waals surface area contributed by atoms with Gasteiger partial charge in [-0.3, -0.25) is 15.1 Å². The molecule has 0 amide bonds. The summed E-state index contributed by atoms with van der Waals surface area (Å²) in [6.07, 6.45) is -4.41. The summed E-state index contributed by atoms with van der Waals surface area (Å²) < 4.78 is 78.9. The Kier molecular flexibility index (Phi) is 6.04. The summed E-state index contributed by atoms with van der Waals surface area (Å²) in [6.45, 7) is 2.41. The summed E-state index contributed by atoms with van der Waals surface area (Å²) in [4.78, 5) is 13.1. The van der Waals surface area contributed by atoms with E-state index in [9.17, 15) is 36.1 Å². The van der Waals surface area contributed by atoms with E-state index < -0.39 is 54.8 Å². The number of rotatable bonds is 6. The van der Waals surface area contributed by atoms with Crippen LogP contribution in [0.25, 0.3) is 0 Å². The Balaban J connectivity index is 2.52. The lowest BCUT2D eigenvalue weighted by atomic mass is 10.1. The quantitative estimate of drug-likeness (QED) is 0.400. The second-order valence-corrected chi connectivity index (χ2v) is 7.56. The molecule has 12 heteroatoms. The molecular formula is C16H15F4N3O4S. The molecule has 0 N–H and O–H groups in total. The molecule has 0 bridgehead atoms. The van der Waals surface area contributed by atoms with Gasteiger partial charge in [0.2, 0.25) is 0 Å². The third kappa shape index (κ3) is 4.12. The van der Waals surface area contributed by atoms with Gasteiger partial charge in [-0.1, -0.05) is 19.1 Å². The van der Waals surface area contributed by atoms with E-state index in [2.05, 4.69) is 4.98 Å². The van der Waals surface area contributed by atoms with Crippen LogP contribution in [-0.2, 0) is 16.2 Å². The minimum Gasteiger partial charge on any atom is -0.258 e. The number of aromatic nitrogens is 1. The maximum Gasteiger partial charge on any atom is 0.417 e. The molecule has 0 radical (unpaired) electrons. The van der Waals surface area contributed by atoms with Gasteiger partial charge in [-0.25, -0.2) is 12.8 Å². The average molecular weight is 421 g/mol.